The Kier molecular flexibility index (Phi) is 6.42. The number of hydrogen-bond donors (Lipinski definition) is 0. The number of non-ortho nitro benzene ring substituents is 1. The SMILES string of the molecule is COCCN(CCOC)C1=C(c2ccc([N+](=O)[O-])cc2)C(=O)N(C)C1=O. The number of ether oxygens (including phenoxy) is 2. The summed E-state index contributed by atoms with van der Waals surface area (Å²) in [4.78, 5) is 38.4. The smallest absolute Gasteiger partial charge is 0.277 e. The summed E-state index contributed by atoms with van der Waals surface area (Å²) in [5.41, 5.74) is 0.838. The zero-order valence-electron chi connectivity index (χ0n) is 14.9. The van der Waals surface area contributed by atoms with Gasteiger partial charge in [-0.2, -0.15) is 0 Å². The van der Waals surface area contributed by atoms with Crippen LogP contribution in [0.5, 0.6) is 0 Å². The maximum atomic E-state index is 12.7. The first-order valence-electron chi connectivity index (χ1n) is 7.96. The molecule has 0 N–H and O–H groups in total. The quantitative estimate of drug-likeness (QED) is 0.365. The number of rotatable bonds is 9. The number of benzene rings is 1. The van der Waals surface area contributed by atoms with Crippen LogP contribution in [-0.4, -0.2) is 74.1 Å². The lowest BCUT2D eigenvalue weighted by Crippen LogP contribution is -2.36. The average molecular weight is 363 g/mol. The molecular formula is C17H21N3O6. The minimum Gasteiger partial charge on any atom is -0.383 e. The van der Waals surface area contributed by atoms with Crippen molar-refractivity contribution in [3.05, 3.63) is 45.6 Å². The molecule has 140 valence electrons. The molecule has 0 radical (unpaired) electrons. The highest BCUT2D eigenvalue weighted by Crippen LogP contribution is 2.31. The normalized spacial score (nSPS) is 14.3. The Morgan fingerprint density at radius 3 is 2.04 bits per heavy atom. The Hall–Kier alpha value is -2.78. The van der Waals surface area contributed by atoms with Crippen LogP contribution in [0.2, 0.25) is 0 Å². The molecule has 1 aromatic carbocycles. The second kappa shape index (κ2) is 8.54. The molecule has 0 saturated heterocycles. The monoisotopic (exact) mass is 363 g/mol. The van der Waals surface area contributed by atoms with Crippen molar-refractivity contribution in [1.29, 1.82) is 0 Å². The maximum Gasteiger partial charge on any atom is 0.277 e. The molecular weight excluding hydrogens is 342 g/mol. The lowest BCUT2D eigenvalue weighted by molar-refractivity contribution is -0.384. The van der Waals surface area contributed by atoms with Gasteiger partial charge in [-0.15, -0.1) is 0 Å². The van der Waals surface area contributed by atoms with Gasteiger partial charge in [0, 0.05) is 46.5 Å². The van der Waals surface area contributed by atoms with Crippen LogP contribution in [0, 0.1) is 10.1 Å². The standard InChI is InChI=1S/C17H21N3O6/c1-18-16(21)14(12-4-6-13(7-5-12)20(23)24)15(17(18)22)19(8-10-25-2)9-11-26-3/h4-7H,8-11H2,1-3H3. The molecule has 2 amide bonds. The van der Waals surface area contributed by atoms with Gasteiger partial charge in [-0.3, -0.25) is 24.6 Å². The third-order valence-corrected chi connectivity index (χ3v) is 4.08. The van der Waals surface area contributed by atoms with Crippen LogP contribution in [0.4, 0.5) is 5.69 Å². The summed E-state index contributed by atoms with van der Waals surface area (Å²) in [6.07, 6.45) is 0. The number of carbonyl (C=O) groups excluding carboxylic acids is 2. The third kappa shape index (κ3) is 3.89. The van der Waals surface area contributed by atoms with Crippen molar-refractivity contribution in [2.75, 3.05) is 47.6 Å². The summed E-state index contributed by atoms with van der Waals surface area (Å²) < 4.78 is 10.2. The van der Waals surface area contributed by atoms with Crippen molar-refractivity contribution in [3.63, 3.8) is 0 Å². The van der Waals surface area contributed by atoms with Crippen LogP contribution >= 0.6 is 0 Å². The lowest BCUT2D eigenvalue weighted by atomic mass is 10.0. The van der Waals surface area contributed by atoms with Gasteiger partial charge in [0.2, 0.25) is 0 Å². The zero-order valence-corrected chi connectivity index (χ0v) is 14.9. The number of nitrogens with zero attached hydrogens (tertiary/aromatic N) is 3. The van der Waals surface area contributed by atoms with Gasteiger partial charge in [0.05, 0.1) is 23.7 Å². The molecule has 1 aliphatic rings. The lowest BCUT2D eigenvalue weighted by Gasteiger charge is -2.25. The van der Waals surface area contributed by atoms with Gasteiger partial charge in [0.1, 0.15) is 5.70 Å². The van der Waals surface area contributed by atoms with E-state index in [-0.39, 0.29) is 17.0 Å². The van der Waals surface area contributed by atoms with Crippen molar-refractivity contribution in [1.82, 2.24) is 9.80 Å². The van der Waals surface area contributed by atoms with E-state index in [9.17, 15) is 19.7 Å². The second-order valence-electron chi connectivity index (χ2n) is 5.67. The van der Waals surface area contributed by atoms with Crippen molar-refractivity contribution in [2.45, 2.75) is 0 Å². The molecule has 0 aliphatic carbocycles. The second-order valence-corrected chi connectivity index (χ2v) is 5.67. The van der Waals surface area contributed by atoms with E-state index in [0.29, 0.717) is 31.9 Å². The highest BCUT2D eigenvalue weighted by molar-refractivity contribution is 6.35. The summed E-state index contributed by atoms with van der Waals surface area (Å²) in [7, 11) is 4.51. The van der Waals surface area contributed by atoms with Gasteiger partial charge in [0.25, 0.3) is 17.5 Å². The molecule has 0 saturated carbocycles. The largest absolute Gasteiger partial charge is 0.383 e. The third-order valence-electron chi connectivity index (χ3n) is 4.08. The van der Waals surface area contributed by atoms with Crippen molar-refractivity contribution >= 4 is 23.1 Å². The van der Waals surface area contributed by atoms with E-state index in [1.54, 1.807) is 19.1 Å². The molecule has 9 nitrogen and oxygen atoms in total. The van der Waals surface area contributed by atoms with Gasteiger partial charge in [-0.05, 0) is 17.7 Å². The van der Waals surface area contributed by atoms with E-state index in [4.69, 9.17) is 9.47 Å². The number of nitro benzene ring substituents is 1. The van der Waals surface area contributed by atoms with Crippen molar-refractivity contribution in [2.24, 2.45) is 0 Å². The molecule has 1 heterocycles. The summed E-state index contributed by atoms with van der Waals surface area (Å²) in [5, 5.41) is 10.8. The molecule has 9 heteroatoms. The summed E-state index contributed by atoms with van der Waals surface area (Å²) in [6.45, 7) is 1.54. The maximum absolute atomic E-state index is 12.7. The molecule has 2 rings (SSSR count). The fraction of sp³-hybridized carbons (Fsp3) is 0.412. The highest BCUT2D eigenvalue weighted by atomic mass is 16.6. The Balaban J connectivity index is 2.50. The molecule has 0 aromatic heterocycles. The minimum absolute atomic E-state index is 0.0864. The molecule has 1 aliphatic heterocycles. The molecule has 0 atom stereocenters. The fourth-order valence-electron chi connectivity index (χ4n) is 2.67. The van der Waals surface area contributed by atoms with E-state index >= 15 is 0 Å². The first-order chi connectivity index (χ1) is 12.4. The van der Waals surface area contributed by atoms with Gasteiger partial charge in [0.15, 0.2) is 0 Å². The van der Waals surface area contributed by atoms with Crippen LogP contribution in [0.25, 0.3) is 5.57 Å². The Labute approximate surface area is 150 Å². The molecule has 1 aromatic rings. The first-order valence-corrected chi connectivity index (χ1v) is 7.96. The van der Waals surface area contributed by atoms with E-state index in [1.165, 1.54) is 31.3 Å². The zero-order chi connectivity index (χ0) is 19.3. The van der Waals surface area contributed by atoms with Crippen LogP contribution in [0.1, 0.15) is 5.56 Å². The average Bonchev–Trinajstić information content (AvgIpc) is 2.86. The van der Waals surface area contributed by atoms with Crippen molar-refractivity contribution < 1.29 is 24.0 Å². The molecule has 26 heavy (non-hydrogen) atoms. The number of methoxy groups -OCH3 is 2. The predicted molar refractivity (Wildman–Crippen MR) is 93.1 cm³/mol. The van der Waals surface area contributed by atoms with E-state index in [1.807, 2.05) is 0 Å². The summed E-state index contributed by atoms with van der Waals surface area (Å²) in [6, 6.07) is 5.57. The number of nitro groups is 1. The number of likely N-dealkylation sites (N-methyl/N-ethyl adjacent to an activating group) is 1. The first kappa shape index (κ1) is 19.5. The molecule has 0 spiro atoms. The van der Waals surface area contributed by atoms with Gasteiger partial charge < -0.3 is 14.4 Å². The fourth-order valence-corrected chi connectivity index (χ4v) is 2.67. The topological polar surface area (TPSA) is 102 Å². The molecule has 0 fully saturated rings. The van der Waals surface area contributed by atoms with E-state index in [0.717, 1.165) is 4.90 Å². The number of imide groups is 1. The number of amides is 2. The predicted octanol–water partition coefficient (Wildman–Crippen LogP) is 0.899. The van der Waals surface area contributed by atoms with E-state index in [2.05, 4.69) is 0 Å². The van der Waals surface area contributed by atoms with Crippen LogP contribution < -0.4 is 0 Å². The summed E-state index contributed by atoms with van der Waals surface area (Å²) >= 11 is 0. The molecule has 0 bridgehead atoms. The summed E-state index contributed by atoms with van der Waals surface area (Å²) in [5.74, 6) is -0.866. The minimum atomic E-state index is -0.518. The number of carbonyl (C=O) groups is 2. The van der Waals surface area contributed by atoms with Crippen LogP contribution in [-0.2, 0) is 19.1 Å². The van der Waals surface area contributed by atoms with E-state index < -0.39 is 16.7 Å². The van der Waals surface area contributed by atoms with Crippen molar-refractivity contribution in [3.8, 4) is 0 Å². The Morgan fingerprint density at radius 1 is 1.04 bits per heavy atom. The van der Waals surface area contributed by atoms with Gasteiger partial charge in [-0.1, -0.05) is 0 Å². The van der Waals surface area contributed by atoms with Crippen LogP contribution in [0.15, 0.2) is 30.0 Å². The van der Waals surface area contributed by atoms with Gasteiger partial charge >= 0.3 is 0 Å². The molecule has 0 unspecified atom stereocenters. The van der Waals surface area contributed by atoms with Gasteiger partial charge in [-0.25, -0.2) is 0 Å². The Bertz CT molecular complexity index is 721. The number of hydrogen-bond acceptors (Lipinski definition) is 7. The Morgan fingerprint density at radius 2 is 1.58 bits per heavy atom. The van der Waals surface area contributed by atoms with Crippen LogP contribution in [0.3, 0.4) is 0 Å². The highest BCUT2D eigenvalue weighted by Gasteiger charge is 2.39.